The van der Waals surface area contributed by atoms with Gasteiger partial charge in [-0.25, -0.2) is 0 Å². The molecule has 0 saturated heterocycles. The summed E-state index contributed by atoms with van der Waals surface area (Å²) in [5.74, 6) is 0. The van der Waals surface area contributed by atoms with Gasteiger partial charge in [0.25, 0.3) is 0 Å². The van der Waals surface area contributed by atoms with Crippen molar-refractivity contribution in [3.63, 3.8) is 0 Å². The summed E-state index contributed by atoms with van der Waals surface area (Å²) >= 11 is 3.53. The summed E-state index contributed by atoms with van der Waals surface area (Å²) in [4.78, 5) is -0.342. The Bertz CT molecular complexity index is 398. The Morgan fingerprint density at radius 2 is 1.24 bits per heavy atom. The molecule has 0 aliphatic rings. The van der Waals surface area contributed by atoms with Crippen LogP contribution in [-0.2, 0) is 4.43 Å². The highest BCUT2D eigenvalue weighted by atomic mass is 79.9. The summed E-state index contributed by atoms with van der Waals surface area (Å²) in [5, 5.41) is 21.2. The molecular weight excluding hydrogens is 444 g/mol. The maximum Gasteiger partial charge on any atom is 0.192 e. The van der Waals surface area contributed by atoms with Crippen molar-refractivity contribution in [3.05, 3.63) is 0 Å². The van der Waals surface area contributed by atoms with Crippen LogP contribution in [0.15, 0.2) is 0 Å². The zero-order valence-electron chi connectivity index (χ0n) is 20.5. The lowest BCUT2D eigenvalue weighted by atomic mass is 10.0. The van der Waals surface area contributed by atoms with E-state index in [4.69, 9.17) is 4.43 Å². The third-order valence-electron chi connectivity index (χ3n) is 6.56. The van der Waals surface area contributed by atoms with Crippen LogP contribution in [0.3, 0.4) is 0 Å². The molecule has 0 aromatic heterocycles. The lowest BCUT2D eigenvalue weighted by molar-refractivity contribution is 0.00847. The smallest absolute Gasteiger partial charge is 0.192 e. The topological polar surface area (TPSA) is 49.7 Å². The fraction of sp³-hybridized carbons (Fsp3) is 1.00. The van der Waals surface area contributed by atoms with E-state index < -0.39 is 20.5 Å². The molecule has 0 amide bonds. The van der Waals surface area contributed by atoms with Gasteiger partial charge in [0.2, 0.25) is 0 Å². The summed E-state index contributed by atoms with van der Waals surface area (Å²) in [6.07, 6.45) is 13.5. The van der Waals surface area contributed by atoms with Crippen molar-refractivity contribution in [1.29, 1.82) is 0 Å². The zero-order chi connectivity index (χ0) is 22.5. The Labute approximate surface area is 191 Å². The summed E-state index contributed by atoms with van der Waals surface area (Å²) in [7, 11) is -1.93. The highest BCUT2D eigenvalue weighted by Gasteiger charge is 2.41. The van der Waals surface area contributed by atoms with Gasteiger partial charge in [0.1, 0.15) is 0 Å². The van der Waals surface area contributed by atoms with Gasteiger partial charge >= 0.3 is 0 Å². The average Bonchev–Trinajstić information content (AvgIpc) is 2.63. The lowest BCUT2D eigenvalue weighted by Gasteiger charge is -2.40. The summed E-state index contributed by atoms with van der Waals surface area (Å²) in [6.45, 7) is 15.2. The molecule has 0 aliphatic heterocycles. The summed E-state index contributed by atoms with van der Waals surface area (Å²) in [6, 6.07) is 0. The van der Waals surface area contributed by atoms with Crippen molar-refractivity contribution in [1.82, 2.24) is 0 Å². The second-order valence-electron chi connectivity index (χ2n) is 10.4. The Kier molecular flexibility index (Phi) is 15.7. The number of halogens is 1. The molecule has 0 aliphatic carbocycles. The first-order valence-corrected chi connectivity index (χ1v) is 15.9. The minimum Gasteiger partial charge on any atom is -0.412 e. The third kappa shape index (κ3) is 12.9. The predicted octanol–water partition coefficient (Wildman–Crippen LogP) is 7.58. The minimum absolute atomic E-state index is 0.108. The molecule has 176 valence electrons. The molecule has 29 heavy (non-hydrogen) atoms. The van der Waals surface area contributed by atoms with E-state index in [0.29, 0.717) is 0 Å². The third-order valence-corrected chi connectivity index (χ3v) is 12.3. The second kappa shape index (κ2) is 15.4. The van der Waals surface area contributed by atoms with Crippen molar-refractivity contribution in [2.75, 3.05) is 0 Å². The highest BCUT2D eigenvalue weighted by molar-refractivity contribution is 9.09. The number of aliphatic hydroxyl groups is 2. The molecule has 0 rings (SSSR count). The van der Waals surface area contributed by atoms with Crippen LogP contribution >= 0.6 is 15.9 Å². The molecule has 0 radical (unpaired) electrons. The van der Waals surface area contributed by atoms with E-state index in [2.05, 4.69) is 56.7 Å². The molecule has 0 bridgehead atoms. The number of hydrogen-bond acceptors (Lipinski definition) is 3. The maximum absolute atomic E-state index is 10.7. The van der Waals surface area contributed by atoms with Crippen molar-refractivity contribution >= 4 is 24.2 Å². The lowest BCUT2D eigenvalue weighted by Crippen LogP contribution is -2.49. The van der Waals surface area contributed by atoms with Crippen LogP contribution < -0.4 is 0 Å². The van der Waals surface area contributed by atoms with E-state index in [-0.39, 0.29) is 16.0 Å². The molecule has 2 N–H and O–H groups in total. The molecule has 0 heterocycles. The molecule has 3 nitrogen and oxygen atoms in total. The van der Waals surface area contributed by atoms with Crippen LogP contribution in [0.1, 0.15) is 112 Å². The molecule has 4 atom stereocenters. The van der Waals surface area contributed by atoms with Crippen LogP contribution in [0, 0.1) is 0 Å². The normalized spacial score (nSPS) is 17.2. The highest BCUT2D eigenvalue weighted by Crippen LogP contribution is 2.38. The molecule has 0 saturated carbocycles. The Hall–Kier alpha value is 0.577. The summed E-state index contributed by atoms with van der Waals surface area (Å²) in [5.41, 5.74) is 0. The molecular formula is C24H51BrO3Si. The predicted molar refractivity (Wildman–Crippen MR) is 134 cm³/mol. The molecule has 0 fully saturated rings. The minimum atomic E-state index is -1.93. The van der Waals surface area contributed by atoms with E-state index in [1.165, 1.54) is 64.2 Å². The second-order valence-corrected chi connectivity index (χ2v) is 16.2. The molecule has 0 aromatic rings. The largest absolute Gasteiger partial charge is 0.412 e. The van der Waals surface area contributed by atoms with Gasteiger partial charge in [-0.2, -0.15) is 0 Å². The van der Waals surface area contributed by atoms with Crippen molar-refractivity contribution < 1.29 is 14.6 Å². The molecule has 0 spiro atoms. The van der Waals surface area contributed by atoms with Gasteiger partial charge in [-0.05, 0) is 31.5 Å². The van der Waals surface area contributed by atoms with Crippen molar-refractivity contribution in [2.45, 2.75) is 153 Å². The van der Waals surface area contributed by atoms with Crippen LogP contribution in [0.2, 0.25) is 18.1 Å². The average molecular weight is 496 g/mol. The van der Waals surface area contributed by atoms with Crippen LogP contribution in [0.25, 0.3) is 0 Å². The number of aliphatic hydroxyl groups excluding tert-OH is 2. The standard InChI is InChI=1S/C24H51BrO3Si/c1-8-9-10-11-12-13-14-15-16-17-18-19-21(26)22(25)23(27)20(2)28-29(6,7)24(3,4)5/h20-23,26-27H,8-19H2,1-7H3/t20-,21-,22+,23+/m0/s1. The van der Waals surface area contributed by atoms with E-state index >= 15 is 0 Å². The molecule has 5 heteroatoms. The SMILES string of the molecule is CCCCCCCCCCCCC[C@H](O)[C@@H](Br)[C@H](O)[C@H](C)O[Si](C)(C)C(C)(C)C. The van der Waals surface area contributed by atoms with Gasteiger partial charge < -0.3 is 14.6 Å². The van der Waals surface area contributed by atoms with Crippen LogP contribution in [0.4, 0.5) is 0 Å². The first-order valence-electron chi connectivity index (χ1n) is 12.1. The Balaban J connectivity index is 3.97. The van der Waals surface area contributed by atoms with Gasteiger partial charge in [-0.15, -0.1) is 0 Å². The van der Waals surface area contributed by atoms with E-state index in [9.17, 15) is 10.2 Å². The Morgan fingerprint density at radius 3 is 1.66 bits per heavy atom. The first kappa shape index (κ1) is 29.6. The fourth-order valence-electron chi connectivity index (χ4n) is 3.37. The zero-order valence-corrected chi connectivity index (χ0v) is 23.1. The van der Waals surface area contributed by atoms with Crippen LogP contribution in [0.5, 0.6) is 0 Å². The van der Waals surface area contributed by atoms with E-state index in [1.54, 1.807) is 0 Å². The number of alkyl halides is 1. The fourth-order valence-corrected chi connectivity index (χ4v) is 5.49. The quantitative estimate of drug-likeness (QED) is 0.124. The van der Waals surface area contributed by atoms with Crippen LogP contribution in [-0.4, -0.2) is 41.7 Å². The Morgan fingerprint density at radius 1 is 0.828 bits per heavy atom. The van der Waals surface area contributed by atoms with E-state index in [0.717, 1.165) is 12.8 Å². The van der Waals surface area contributed by atoms with Crippen molar-refractivity contribution in [2.24, 2.45) is 0 Å². The molecule has 0 aromatic carbocycles. The van der Waals surface area contributed by atoms with Gasteiger partial charge in [0.05, 0.1) is 23.1 Å². The number of hydrogen-bond donors (Lipinski definition) is 2. The monoisotopic (exact) mass is 494 g/mol. The number of rotatable bonds is 17. The maximum atomic E-state index is 10.7. The summed E-state index contributed by atoms with van der Waals surface area (Å²) < 4.78 is 6.29. The molecule has 0 unspecified atom stereocenters. The van der Waals surface area contributed by atoms with E-state index in [1.807, 2.05) is 6.92 Å². The van der Waals surface area contributed by atoms with Gasteiger partial charge in [-0.1, -0.05) is 114 Å². The van der Waals surface area contributed by atoms with Gasteiger partial charge in [0.15, 0.2) is 8.32 Å². The van der Waals surface area contributed by atoms with Gasteiger partial charge in [-0.3, -0.25) is 0 Å². The van der Waals surface area contributed by atoms with Gasteiger partial charge in [0, 0.05) is 0 Å². The first-order chi connectivity index (χ1) is 13.4. The number of unbranched alkanes of at least 4 members (excludes halogenated alkanes) is 10. The van der Waals surface area contributed by atoms with Crippen molar-refractivity contribution in [3.8, 4) is 0 Å².